The first-order valence-electron chi connectivity index (χ1n) is 37.1. The molecule has 1 amide bonds. The van der Waals surface area contributed by atoms with Gasteiger partial charge >= 0.3 is 5.97 Å². The van der Waals surface area contributed by atoms with E-state index < -0.39 is 12.1 Å². The van der Waals surface area contributed by atoms with Crippen molar-refractivity contribution in [3.63, 3.8) is 0 Å². The van der Waals surface area contributed by atoms with Gasteiger partial charge in [0.1, 0.15) is 0 Å². The van der Waals surface area contributed by atoms with E-state index in [-0.39, 0.29) is 18.5 Å². The summed E-state index contributed by atoms with van der Waals surface area (Å²) in [5, 5.41) is 23.4. The summed E-state index contributed by atoms with van der Waals surface area (Å²) in [6.45, 7) is 4.97. The molecule has 0 heterocycles. The first kappa shape index (κ1) is 79.3. The summed E-state index contributed by atoms with van der Waals surface area (Å²) >= 11 is 0. The Bertz CT molecular complexity index is 1270. The van der Waals surface area contributed by atoms with Gasteiger partial charge in [-0.25, -0.2) is 0 Å². The molecular weight excluding hydrogens is 995 g/mol. The van der Waals surface area contributed by atoms with Crippen LogP contribution in [0.2, 0.25) is 0 Å². The lowest BCUT2D eigenvalue weighted by Crippen LogP contribution is -2.45. The zero-order chi connectivity index (χ0) is 58.5. The SMILES string of the molecule is CCCCC/C=C\CCCCCCCC(=O)OCCCCCCCCCCCCCC/C=C\CCCCCCCCCCCCCCCCCCCC(=O)NC(CO)C(O)CCCCCCCCCCCCCCCCCCCCC. The maximum atomic E-state index is 12.5. The highest BCUT2D eigenvalue weighted by Crippen LogP contribution is 2.19. The molecule has 0 aliphatic rings. The monoisotopic (exact) mass is 1140 g/mol. The zero-order valence-electron chi connectivity index (χ0n) is 55.0. The van der Waals surface area contributed by atoms with Crippen LogP contribution < -0.4 is 5.32 Å². The Morgan fingerprint density at radius 3 is 0.901 bits per heavy atom. The predicted molar refractivity (Wildman–Crippen MR) is 356 cm³/mol. The summed E-state index contributed by atoms with van der Waals surface area (Å²) in [6, 6.07) is -0.539. The molecule has 0 saturated carbocycles. The Morgan fingerprint density at radius 2 is 0.580 bits per heavy atom. The molecule has 2 atom stereocenters. The third-order valence-electron chi connectivity index (χ3n) is 17.5. The molecule has 0 aliphatic carbocycles. The van der Waals surface area contributed by atoms with Gasteiger partial charge in [-0.05, 0) is 77.0 Å². The molecule has 0 fully saturated rings. The van der Waals surface area contributed by atoms with Gasteiger partial charge < -0.3 is 20.3 Å². The second-order valence-corrected chi connectivity index (χ2v) is 25.6. The van der Waals surface area contributed by atoms with Crippen molar-refractivity contribution < 1.29 is 24.5 Å². The lowest BCUT2D eigenvalue weighted by molar-refractivity contribution is -0.143. The van der Waals surface area contributed by atoms with Crippen molar-refractivity contribution in [3.05, 3.63) is 24.3 Å². The van der Waals surface area contributed by atoms with Gasteiger partial charge in [-0.15, -0.1) is 0 Å². The van der Waals surface area contributed by atoms with Crippen LogP contribution in [0.3, 0.4) is 0 Å². The quantitative estimate of drug-likeness (QED) is 0.0320. The predicted octanol–water partition coefficient (Wildman–Crippen LogP) is 24.1. The fourth-order valence-corrected chi connectivity index (χ4v) is 11.8. The fraction of sp³-hybridized carbons (Fsp3) is 0.920. The van der Waals surface area contributed by atoms with E-state index in [1.807, 2.05) is 0 Å². The Kier molecular flexibility index (Phi) is 69.4. The highest BCUT2D eigenvalue weighted by atomic mass is 16.5. The summed E-state index contributed by atoms with van der Waals surface area (Å²) in [5.74, 6) is -0.0182. The van der Waals surface area contributed by atoms with Gasteiger partial charge in [-0.1, -0.05) is 353 Å². The van der Waals surface area contributed by atoms with E-state index in [2.05, 4.69) is 43.5 Å². The van der Waals surface area contributed by atoms with Gasteiger partial charge in [0.15, 0.2) is 0 Å². The Balaban J connectivity index is 3.35. The van der Waals surface area contributed by atoms with Crippen LogP contribution >= 0.6 is 0 Å². The maximum absolute atomic E-state index is 12.5. The van der Waals surface area contributed by atoms with Gasteiger partial charge in [0.2, 0.25) is 5.91 Å². The summed E-state index contributed by atoms with van der Waals surface area (Å²) < 4.78 is 5.48. The lowest BCUT2D eigenvalue weighted by Gasteiger charge is -2.22. The zero-order valence-corrected chi connectivity index (χ0v) is 55.0. The first-order chi connectivity index (χ1) is 40.0. The second kappa shape index (κ2) is 70.8. The van der Waals surface area contributed by atoms with Gasteiger partial charge in [-0.3, -0.25) is 9.59 Å². The Labute approximate surface area is 507 Å². The van der Waals surface area contributed by atoms with Crippen molar-refractivity contribution in [3.8, 4) is 0 Å². The standard InChI is InChI=1S/C75H145NO5/c1-3-5-7-9-11-13-15-17-18-19-35-38-41-44-47-51-55-59-63-67-73(78)72(71-77)76-74(79)68-64-60-56-52-48-45-42-39-36-33-31-29-27-25-23-21-20-22-24-26-28-30-32-34-37-40-43-46-50-54-58-62-66-70-81-75(80)69-65-61-57-53-49-16-14-12-10-8-6-4-2/h12,14,24,26,72-73,77-78H,3-11,13,15-23,25,27-71H2,1-2H3,(H,76,79)/b14-12-,26-24-. The van der Waals surface area contributed by atoms with Gasteiger partial charge in [0, 0.05) is 12.8 Å². The van der Waals surface area contributed by atoms with E-state index in [9.17, 15) is 19.8 Å². The summed E-state index contributed by atoms with van der Waals surface area (Å²) in [6.07, 6.45) is 89.6. The maximum Gasteiger partial charge on any atom is 0.305 e. The molecule has 0 bridgehead atoms. The average Bonchev–Trinajstić information content (AvgIpc) is 3.47. The van der Waals surface area contributed by atoms with Crippen molar-refractivity contribution in [2.24, 2.45) is 0 Å². The van der Waals surface area contributed by atoms with Crippen LogP contribution in [0, 0.1) is 0 Å². The number of rotatable bonds is 70. The Hall–Kier alpha value is -1.66. The third-order valence-corrected chi connectivity index (χ3v) is 17.5. The molecule has 0 aromatic carbocycles. The number of hydrogen-bond acceptors (Lipinski definition) is 5. The molecule has 0 spiro atoms. The second-order valence-electron chi connectivity index (χ2n) is 25.6. The third kappa shape index (κ3) is 67.3. The van der Waals surface area contributed by atoms with Gasteiger partial charge in [0.05, 0.1) is 25.4 Å². The number of aliphatic hydroxyl groups excluding tert-OH is 2. The number of carbonyl (C=O) groups excluding carboxylic acids is 2. The van der Waals surface area contributed by atoms with Crippen LogP contribution in [0.4, 0.5) is 0 Å². The van der Waals surface area contributed by atoms with Crippen LogP contribution in [0.1, 0.15) is 418 Å². The van der Waals surface area contributed by atoms with Crippen molar-refractivity contribution in [2.45, 2.75) is 431 Å². The highest BCUT2D eigenvalue weighted by Gasteiger charge is 2.20. The summed E-state index contributed by atoms with van der Waals surface area (Å²) in [5.41, 5.74) is 0. The van der Waals surface area contributed by atoms with E-state index in [0.717, 1.165) is 44.9 Å². The number of esters is 1. The first-order valence-corrected chi connectivity index (χ1v) is 37.1. The van der Waals surface area contributed by atoms with E-state index in [1.54, 1.807) is 0 Å². The fourth-order valence-electron chi connectivity index (χ4n) is 11.8. The van der Waals surface area contributed by atoms with Crippen LogP contribution in [0.15, 0.2) is 24.3 Å². The summed E-state index contributed by atoms with van der Waals surface area (Å²) in [7, 11) is 0. The average molecular weight is 1140 g/mol. The van der Waals surface area contributed by atoms with E-state index >= 15 is 0 Å². The van der Waals surface area contributed by atoms with Crippen molar-refractivity contribution in [2.75, 3.05) is 13.2 Å². The highest BCUT2D eigenvalue weighted by molar-refractivity contribution is 5.76. The minimum Gasteiger partial charge on any atom is -0.466 e. The minimum atomic E-state index is -0.662. The number of hydrogen-bond donors (Lipinski definition) is 3. The molecule has 0 radical (unpaired) electrons. The molecule has 2 unspecified atom stereocenters. The molecule has 81 heavy (non-hydrogen) atoms. The van der Waals surface area contributed by atoms with Crippen LogP contribution in [0.5, 0.6) is 0 Å². The molecule has 6 heteroatoms. The molecule has 6 nitrogen and oxygen atoms in total. The van der Waals surface area contributed by atoms with E-state index in [4.69, 9.17) is 4.74 Å². The van der Waals surface area contributed by atoms with Crippen LogP contribution in [-0.2, 0) is 14.3 Å². The molecular formula is C75H145NO5. The minimum absolute atomic E-state index is 0.00921. The molecule has 0 aliphatic heterocycles. The van der Waals surface area contributed by atoms with Crippen molar-refractivity contribution in [1.82, 2.24) is 5.32 Å². The number of unbranched alkanes of at least 4 members (excludes halogenated alkanes) is 55. The number of aliphatic hydroxyl groups is 2. The largest absolute Gasteiger partial charge is 0.466 e. The smallest absolute Gasteiger partial charge is 0.305 e. The molecule has 0 aromatic rings. The molecule has 3 N–H and O–H groups in total. The lowest BCUT2D eigenvalue weighted by atomic mass is 10.0. The van der Waals surface area contributed by atoms with Crippen LogP contribution in [-0.4, -0.2) is 47.4 Å². The number of allylic oxidation sites excluding steroid dienone is 4. The van der Waals surface area contributed by atoms with E-state index in [0.29, 0.717) is 25.9 Å². The normalized spacial score (nSPS) is 12.6. The molecule has 0 saturated heterocycles. The van der Waals surface area contributed by atoms with Crippen molar-refractivity contribution in [1.29, 1.82) is 0 Å². The number of nitrogens with one attached hydrogen (secondary N) is 1. The molecule has 0 rings (SSSR count). The number of ether oxygens (including phenoxy) is 1. The number of carbonyl (C=O) groups is 2. The molecule has 480 valence electrons. The van der Waals surface area contributed by atoms with Crippen molar-refractivity contribution >= 4 is 11.9 Å². The van der Waals surface area contributed by atoms with Gasteiger partial charge in [-0.2, -0.15) is 0 Å². The van der Waals surface area contributed by atoms with Crippen LogP contribution in [0.25, 0.3) is 0 Å². The van der Waals surface area contributed by atoms with E-state index in [1.165, 1.54) is 340 Å². The molecule has 0 aromatic heterocycles. The van der Waals surface area contributed by atoms with Gasteiger partial charge in [0.25, 0.3) is 0 Å². The summed E-state index contributed by atoms with van der Waals surface area (Å²) in [4.78, 5) is 24.6. The topological polar surface area (TPSA) is 95.9 Å². The number of amides is 1. The Morgan fingerprint density at radius 1 is 0.333 bits per heavy atom.